The van der Waals surface area contributed by atoms with Crippen LogP contribution >= 0.6 is 0 Å². The normalized spacial score (nSPS) is 19.6. The van der Waals surface area contributed by atoms with E-state index in [0.29, 0.717) is 36.6 Å². The van der Waals surface area contributed by atoms with Crippen LogP contribution in [0.3, 0.4) is 0 Å². The predicted octanol–water partition coefficient (Wildman–Crippen LogP) is 1.89. The van der Waals surface area contributed by atoms with Gasteiger partial charge in [0.2, 0.25) is 0 Å². The minimum atomic E-state index is -0.114. The maximum atomic E-state index is 13.5. The minimum absolute atomic E-state index is 0.0108. The summed E-state index contributed by atoms with van der Waals surface area (Å²) < 4.78 is 11.5. The number of nitrogens with one attached hydrogen (secondary N) is 1. The monoisotopic (exact) mass is 466 g/mol. The number of carbonyl (C=O) groups is 2. The molecular weight excluding hydrogens is 432 g/mol. The Kier molecular flexibility index (Phi) is 8.16. The zero-order valence-electron chi connectivity index (χ0n) is 20.0. The van der Waals surface area contributed by atoms with Crippen molar-refractivity contribution in [3.8, 4) is 5.75 Å². The Bertz CT molecular complexity index is 992. The van der Waals surface area contributed by atoms with Gasteiger partial charge in [0, 0.05) is 51.9 Å². The highest BCUT2D eigenvalue weighted by Crippen LogP contribution is 2.27. The van der Waals surface area contributed by atoms with Gasteiger partial charge in [0.25, 0.3) is 11.8 Å². The summed E-state index contributed by atoms with van der Waals surface area (Å²) >= 11 is 0. The number of likely N-dealkylation sites (N-methyl/N-ethyl adjacent to an activating group) is 1. The quantitative estimate of drug-likeness (QED) is 0.672. The second kappa shape index (κ2) is 11.5. The zero-order valence-corrected chi connectivity index (χ0v) is 20.0. The van der Waals surface area contributed by atoms with E-state index in [-0.39, 0.29) is 17.9 Å². The van der Waals surface area contributed by atoms with E-state index in [4.69, 9.17) is 9.47 Å². The van der Waals surface area contributed by atoms with Crippen LogP contribution in [0.5, 0.6) is 5.75 Å². The summed E-state index contributed by atoms with van der Waals surface area (Å²) in [6.45, 7) is 6.61. The maximum Gasteiger partial charge on any atom is 0.257 e. The second-order valence-electron chi connectivity index (χ2n) is 8.75. The van der Waals surface area contributed by atoms with Crippen LogP contribution in [0.25, 0.3) is 0 Å². The molecule has 182 valence electrons. The molecular formula is C26H34N4O4. The van der Waals surface area contributed by atoms with E-state index >= 15 is 0 Å². The third-order valence-electron chi connectivity index (χ3n) is 6.58. The number of benzene rings is 2. The van der Waals surface area contributed by atoms with E-state index in [1.54, 1.807) is 13.1 Å². The Morgan fingerprint density at radius 2 is 1.85 bits per heavy atom. The largest absolute Gasteiger partial charge is 0.491 e. The molecule has 34 heavy (non-hydrogen) atoms. The Morgan fingerprint density at radius 3 is 2.65 bits per heavy atom. The number of piperazine rings is 1. The molecule has 2 saturated heterocycles. The number of para-hydroxylation sites is 1. The molecule has 0 aromatic heterocycles. The molecule has 0 saturated carbocycles. The highest BCUT2D eigenvalue weighted by Gasteiger charge is 2.30. The smallest absolute Gasteiger partial charge is 0.257 e. The summed E-state index contributed by atoms with van der Waals surface area (Å²) in [6.07, 6.45) is 0. The number of rotatable bonds is 7. The van der Waals surface area contributed by atoms with Crippen molar-refractivity contribution in [2.45, 2.75) is 6.04 Å². The van der Waals surface area contributed by atoms with E-state index in [1.807, 2.05) is 47.4 Å². The molecule has 2 heterocycles. The number of hydrogen-bond donors (Lipinski definition) is 1. The lowest BCUT2D eigenvalue weighted by molar-refractivity contribution is 0.0321. The number of carbonyl (C=O) groups excluding carboxylic acids is 2. The van der Waals surface area contributed by atoms with Crippen molar-refractivity contribution in [2.75, 3.05) is 73.2 Å². The summed E-state index contributed by atoms with van der Waals surface area (Å²) in [5, 5.41) is 2.67. The molecule has 0 bridgehead atoms. The molecule has 2 fully saturated rings. The lowest BCUT2D eigenvalue weighted by Crippen LogP contribution is -2.49. The van der Waals surface area contributed by atoms with Crippen LogP contribution in [0.4, 0.5) is 0 Å². The van der Waals surface area contributed by atoms with Crippen LogP contribution < -0.4 is 10.1 Å². The first-order valence-electron chi connectivity index (χ1n) is 11.9. The first-order valence-corrected chi connectivity index (χ1v) is 11.9. The molecule has 2 aromatic carbocycles. The molecule has 2 aliphatic rings. The number of ether oxygens (including phenoxy) is 2. The topological polar surface area (TPSA) is 74.3 Å². The van der Waals surface area contributed by atoms with Gasteiger partial charge in [-0.25, -0.2) is 0 Å². The fourth-order valence-corrected chi connectivity index (χ4v) is 4.50. The van der Waals surface area contributed by atoms with E-state index < -0.39 is 0 Å². The highest BCUT2D eigenvalue weighted by molar-refractivity contribution is 5.97. The molecule has 0 aliphatic carbocycles. The van der Waals surface area contributed by atoms with E-state index in [2.05, 4.69) is 22.2 Å². The molecule has 0 radical (unpaired) electrons. The van der Waals surface area contributed by atoms with Gasteiger partial charge in [0.05, 0.1) is 24.8 Å². The molecule has 0 spiro atoms. The van der Waals surface area contributed by atoms with E-state index in [9.17, 15) is 9.59 Å². The van der Waals surface area contributed by atoms with Gasteiger partial charge in [0.15, 0.2) is 0 Å². The Hall–Kier alpha value is -2.94. The van der Waals surface area contributed by atoms with Gasteiger partial charge < -0.3 is 19.7 Å². The number of morpholine rings is 1. The van der Waals surface area contributed by atoms with Crippen molar-refractivity contribution >= 4 is 11.8 Å². The molecule has 8 nitrogen and oxygen atoms in total. The summed E-state index contributed by atoms with van der Waals surface area (Å²) in [5.41, 5.74) is 2.24. The van der Waals surface area contributed by atoms with Crippen LogP contribution in [0.2, 0.25) is 0 Å². The first kappa shape index (κ1) is 24.2. The SMILES string of the molecule is CNC(=O)c1cccc([C@H]2CN(C(=O)c3ccccc3OCCN3CCOCC3)CCN2C)c1. The summed E-state index contributed by atoms with van der Waals surface area (Å²) in [7, 11) is 3.68. The number of nitrogens with zero attached hydrogens (tertiary/aromatic N) is 3. The van der Waals surface area contributed by atoms with Crippen molar-refractivity contribution in [1.29, 1.82) is 0 Å². The van der Waals surface area contributed by atoms with Crippen LogP contribution in [-0.4, -0.2) is 99.7 Å². The lowest BCUT2D eigenvalue weighted by Gasteiger charge is -2.40. The van der Waals surface area contributed by atoms with Gasteiger partial charge in [-0.2, -0.15) is 0 Å². The fraction of sp³-hybridized carbons (Fsp3) is 0.462. The van der Waals surface area contributed by atoms with Crippen LogP contribution in [0, 0.1) is 0 Å². The molecule has 1 atom stereocenters. The number of amides is 2. The van der Waals surface area contributed by atoms with Crippen molar-refractivity contribution < 1.29 is 19.1 Å². The zero-order chi connectivity index (χ0) is 23.9. The van der Waals surface area contributed by atoms with Crippen molar-refractivity contribution in [2.24, 2.45) is 0 Å². The van der Waals surface area contributed by atoms with Crippen LogP contribution in [0.15, 0.2) is 48.5 Å². The van der Waals surface area contributed by atoms with Gasteiger partial charge >= 0.3 is 0 Å². The summed E-state index contributed by atoms with van der Waals surface area (Å²) in [6, 6.07) is 15.1. The average Bonchev–Trinajstić information content (AvgIpc) is 2.89. The second-order valence-corrected chi connectivity index (χ2v) is 8.75. The third kappa shape index (κ3) is 5.75. The third-order valence-corrected chi connectivity index (χ3v) is 6.58. The van der Waals surface area contributed by atoms with Crippen LogP contribution in [-0.2, 0) is 4.74 Å². The van der Waals surface area contributed by atoms with Gasteiger partial charge in [-0.15, -0.1) is 0 Å². The Morgan fingerprint density at radius 1 is 1.06 bits per heavy atom. The van der Waals surface area contributed by atoms with Crippen LogP contribution in [0.1, 0.15) is 32.3 Å². The fourth-order valence-electron chi connectivity index (χ4n) is 4.50. The molecule has 2 aromatic rings. The summed E-state index contributed by atoms with van der Waals surface area (Å²) in [4.78, 5) is 32.1. The van der Waals surface area contributed by atoms with Gasteiger partial charge in [-0.05, 0) is 36.9 Å². The standard InChI is InChI=1S/C26H34N4O4/c1-27-25(31)21-7-5-6-20(18-21)23-19-30(11-10-28(23)2)26(32)22-8-3-4-9-24(22)34-17-14-29-12-15-33-16-13-29/h3-9,18,23H,10-17,19H2,1-2H3,(H,27,31)/t23-/m1/s1. The van der Waals surface area contributed by atoms with Gasteiger partial charge in [0.1, 0.15) is 12.4 Å². The average molecular weight is 467 g/mol. The van der Waals surface area contributed by atoms with Crippen molar-refractivity contribution in [3.63, 3.8) is 0 Å². The van der Waals surface area contributed by atoms with Crippen molar-refractivity contribution in [3.05, 3.63) is 65.2 Å². The predicted molar refractivity (Wildman–Crippen MR) is 130 cm³/mol. The number of hydrogen-bond acceptors (Lipinski definition) is 6. The molecule has 2 amide bonds. The van der Waals surface area contributed by atoms with Gasteiger partial charge in [-0.3, -0.25) is 19.4 Å². The Balaban J connectivity index is 1.44. The highest BCUT2D eigenvalue weighted by atomic mass is 16.5. The molecule has 1 N–H and O–H groups in total. The molecule has 4 rings (SSSR count). The summed E-state index contributed by atoms with van der Waals surface area (Å²) in [5.74, 6) is 0.483. The first-order chi connectivity index (χ1) is 16.6. The maximum absolute atomic E-state index is 13.5. The molecule has 0 unspecified atom stereocenters. The lowest BCUT2D eigenvalue weighted by atomic mass is 9.99. The molecule has 2 aliphatic heterocycles. The molecule has 8 heteroatoms. The van der Waals surface area contributed by atoms with Gasteiger partial charge in [-0.1, -0.05) is 24.3 Å². The Labute approximate surface area is 201 Å². The minimum Gasteiger partial charge on any atom is -0.491 e. The van der Waals surface area contributed by atoms with E-state index in [1.165, 1.54) is 0 Å². The van der Waals surface area contributed by atoms with Crippen molar-refractivity contribution in [1.82, 2.24) is 20.0 Å². The van der Waals surface area contributed by atoms with E-state index in [0.717, 1.165) is 45.0 Å².